The van der Waals surface area contributed by atoms with Crippen LogP contribution in [0.1, 0.15) is 0 Å². The summed E-state index contributed by atoms with van der Waals surface area (Å²) in [6.07, 6.45) is 0. The number of anilines is 2. The van der Waals surface area contributed by atoms with Gasteiger partial charge in [-0.25, -0.2) is 0 Å². The first-order chi connectivity index (χ1) is 19.8. The number of nitrogens with zero attached hydrogens (tertiary/aromatic N) is 1. The fraction of sp³-hybridized carbons (Fsp3) is 0. The lowest BCUT2D eigenvalue weighted by atomic mass is 9.42. The van der Waals surface area contributed by atoms with E-state index >= 15 is 0 Å². The molecule has 0 aliphatic carbocycles. The number of hydrogen-bond acceptors (Lipinski definition) is 3. The fourth-order valence-corrected chi connectivity index (χ4v) is 7.24. The lowest BCUT2D eigenvalue weighted by Gasteiger charge is -2.46. The Hall–Kier alpha value is -5.22. The second kappa shape index (κ2) is 7.25. The first-order valence-corrected chi connectivity index (χ1v) is 13.7. The van der Waals surface area contributed by atoms with Gasteiger partial charge in [0.2, 0.25) is 0 Å². The smallest absolute Gasteiger partial charge is 0.337 e. The molecule has 3 aliphatic heterocycles. The van der Waals surface area contributed by atoms with E-state index in [0.717, 1.165) is 44.6 Å². The molecule has 0 spiro atoms. The van der Waals surface area contributed by atoms with Crippen molar-refractivity contribution in [2.45, 2.75) is 0 Å². The molecule has 6 aromatic carbocycles. The van der Waals surface area contributed by atoms with E-state index in [2.05, 4.69) is 114 Å². The molecule has 3 nitrogen and oxygen atoms in total. The molecule has 0 saturated heterocycles. The number of para-hydroxylation sites is 3. The van der Waals surface area contributed by atoms with Crippen LogP contribution < -0.4 is 20.5 Å². The van der Waals surface area contributed by atoms with Crippen molar-refractivity contribution < 1.29 is 9.15 Å². The number of rotatable bonds is 1. The fourth-order valence-electron chi connectivity index (χ4n) is 7.24. The Kier molecular flexibility index (Phi) is 3.75. The Bertz CT molecular complexity index is 2230. The van der Waals surface area contributed by atoms with Crippen LogP contribution in [-0.2, 0) is 0 Å². The molecule has 0 amide bonds. The minimum Gasteiger partial charge on any atom is -0.458 e. The van der Waals surface area contributed by atoms with Crippen molar-refractivity contribution in [3.63, 3.8) is 0 Å². The Morgan fingerprint density at radius 1 is 0.500 bits per heavy atom. The minimum absolute atomic E-state index is 0.0678. The van der Waals surface area contributed by atoms with E-state index in [1.807, 2.05) is 12.1 Å². The van der Waals surface area contributed by atoms with Crippen LogP contribution in [0.25, 0.3) is 55.3 Å². The maximum atomic E-state index is 6.58. The molecule has 40 heavy (non-hydrogen) atoms. The molecule has 4 heteroatoms. The predicted octanol–water partition coefficient (Wildman–Crippen LogP) is 8.26. The van der Waals surface area contributed by atoms with E-state index in [-0.39, 0.29) is 6.85 Å². The van der Waals surface area contributed by atoms with Crippen LogP contribution in [-0.4, -0.2) is 6.85 Å². The van der Waals surface area contributed by atoms with Gasteiger partial charge >= 0.3 is 6.85 Å². The van der Waals surface area contributed by atoms with Crippen molar-refractivity contribution >= 4 is 51.1 Å². The third kappa shape index (κ3) is 2.47. The Balaban J connectivity index is 1.27. The third-order valence-electron chi connectivity index (χ3n) is 8.87. The molecule has 3 aliphatic rings. The summed E-state index contributed by atoms with van der Waals surface area (Å²) < 4.78 is 13.0. The average Bonchev–Trinajstić information content (AvgIpc) is 3.40. The van der Waals surface area contributed by atoms with Gasteiger partial charge in [-0.2, -0.15) is 0 Å². The van der Waals surface area contributed by atoms with Crippen molar-refractivity contribution in [2.75, 3.05) is 4.81 Å². The van der Waals surface area contributed by atoms with Crippen molar-refractivity contribution in [3.8, 4) is 44.9 Å². The molecule has 0 atom stereocenters. The summed E-state index contributed by atoms with van der Waals surface area (Å²) in [5.41, 5.74) is 14.0. The van der Waals surface area contributed by atoms with E-state index in [9.17, 15) is 0 Å². The van der Waals surface area contributed by atoms with Crippen molar-refractivity contribution in [1.82, 2.24) is 0 Å². The summed E-state index contributed by atoms with van der Waals surface area (Å²) in [4.78, 5) is 2.52. The van der Waals surface area contributed by atoms with Crippen molar-refractivity contribution in [3.05, 3.63) is 121 Å². The minimum atomic E-state index is 0.0678. The zero-order valence-electron chi connectivity index (χ0n) is 21.4. The number of fused-ring (bicyclic) bond motifs is 9. The molecule has 0 saturated carbocycles. The standard InChI is InChI=1S/C36H20BNO2/c1-3-14-29-23(8-1)25-11-6-16-32-34(25)37-35-26(12-7-17-33(35)39-32)28-20-21(18-19-30(28)38(29)37)22-10-5-13-27-24-9-2-4-15-31(24)40-36(22)27/h1-20H. The lowest BCUT2D eigenvalue weighted by Crippen LogP contribution is -2.61. The van der Waals surface area contributed by atoms with Gasteiger partial charge in [-0.1, -0.05) is 84.9 Å². The highest BCUT2D eigenvalue weighted by Crippen LogP contribution is 2.50. The van der Waals surface area contributed by atoms with Gasteiger partial charge < -0.3 is 14.0 Å². The molecule has 0 radical (unpaired) electrons. The number of ether oxygens (including phenoxy) is 1. The molecular formula is C36H20BNO2. The molecule has 1 aromatic heterocycles. The van der Waals surface area contributed by atoms with Gasteiger partial charge in [0.05, 0.1) is 0 Å². The lowest BCUT2D eigenvalue weighted by molar-refractivity contribution is 0.487. The zero-order valence-corrected chi connectivity index (χ0v) is 21.4. The van der Waals surface area contributed by atoms with Crippen LogP contribution in [0.4, 0.5) is 11.4 Å². The molecule has 0 fully saturated rings. The maximum absolute atomic E-state index is 6.58. The summed E-state index contributed by atoms with van der Waals surface area (Å²) in [5.74, 6) is 1.88. The second-order valence-corrected chi connectivity index (χ2v) is 10.8. The summed E-state index contributed by atoms with van der Waals surface area (Å²) in [7, 11) is 0. The van der Waals surface area contributed by atoms with Gasteiger partial charge in [-0.3, -0.25) is 0 Å². The van der Waals surface area contributed by atoms with Crippen molar-refractivity contribution in [1.29, 1.82) is 0 Å². The molecule has 0 bridgehead atoms. The van der Waals surface area contributed by atoms with Crippen LogP contribution in [0.2, 0.25) is 0 Å². The Morgan fingerprint density at radius 3 is 2.02 bits per heavy atom. The molecular weight excluding hydrogens is 489 g/mol. The second-order valence-electron chi connectivity index (χ2n) is 10.8. The number of furan rings is 1. The Labute approximate surface area is 231 Å². The molecule has 7 aromatic rings. The molecule has 0 N–H and O–H groups in total. The zero-order chi connectivity index (χ0) is 25.9. The van der Waals surface area contributed by atoms with E-state index in [4.69, 9.17) is 9.15 Å². The summed E-state index contributed by atoms with van der Waals surface area (Å²) in [5, 5.41) is 2.29. The van der Waals surface area contributed by atoms with Crippen LogP contribution >= 0.6 is 0 Å². The normalized spacial score (nSPS) is 13.6. The van der Waals surface area contributed by atoms with Crippen LogP contribution in [0.15, 0.2) is 126 Å². The number of benzene rings is 6. The topological polar surface area (TPSA) is 25.6 Å². The summed E-state index contributed by atoms with van der Waals surface area (Å²) in [6, 6.07) is 43.3. The summed E-state index contributed by atoms with van der Waals surface area (Å²) >= 11 is 0. The first-order valence-electron chi connectivity index (χ1n) is 13.7. The van der Waals surface area contributed by atoms with Gasteiger partial charge in [0.15, 0.2) is 0 Å². The van der Waals surface area contributed by atoms with Gasteiger partial charge in [0.1, 0.15) is 22.7 Å². The highest BCUT2D eigenvalue weighted by atomic mass is 16.5. The van der Waals surface area contributed by atoms with Gasteiger partial charge in [0, 0.05) is 49.8 Å². The van der Waals surface area contributed by atoms with E-state index in [0.29, 0.717) is 0 Å². The Morgan fingerprint density at radius 2 is 1.15 bits per heavy atom. The average molecular weight is 509 g/mol. The maximum Gasteiger partial charge on any atom is 0.337 e. The molecule has 0 unspecified atom stereocenters. The van der Waals surface area contributed by atoms with Gasteiger partial charge in [-0.05, 0) is 53.1 Å². The summed E-state index contributed by atoms with van der Waals surface area (Å²) in [6.45, 7) is 0.0678. The first kappa shape index (κ1) is 20.7. The van der Waals surface area contributed by atoms with E-state index in [1.54, 1.807) is 0 Å². The molecule has 4 heterocycles. The highest BCUT2D eigenvalue weighted by Gasteiger charge is 2.47. The quantitative estimate of drug-likeness (QED) is 0.208. The SMILES string of the molecule is c1ccc2c(c1)-c1cccc3c1B1c4c(cccc4-c4cc(-c5cccc6c5oc5ccccc56)ccc4N12)O3. The van der Waals surface area contributed by atoms with Gasteiger partial charge in [-0.15, -0.1) is 0 Å². The van der Waals surface area contributed by atoms with Crippen LogP contribution in [0.3, 0.4) is 0 Å². The van der Waals surface area contributed by atoms with Crippen LogP contribution in [0, 0.1) is 0 Å². The van der Waals surface area contributed by atoms with E-state index < -0.39 is 0 Å². The van der Waals surface area contributed by atoms with Crippen LogP contribution in [0.5, 0.6) is 11.5 Å². The molecule has 184 valence electrons. The highest BCUT2D eigenvalue weighted by molar-refractivity contribution is 6.94. The van der Waals surface area contributed by atoms with Crippen molar-refractivity contribution in [2.24, 2.45) is 0 Å². The van der Waals surface area contributed by atoms with Gasteiger partial charge in [0.25, 0.3) is 0 Å². The predicted molar refractivity (Wildman–Crippen MR) is 164 cm³/mol. The third-order valence-corrected chi connectivity index (χ3v) is 8.87. The van der Waals surface area contributed by atoms with E-state index in [1.165, 1.54) is 44.6 Å². The number of hydrogen-bond donors (Lipinski definition) is 0. The monoisotopic (exact) mass is 509 g/mol. The largest absolute Gasteiger partial charge is 0.458 e. The molecule has 10 rings (SSSR count).